The predicted octanol–water partition coefficient (Wildman–Crippen LogP) is 5.17. The highest BCUT2D eigenvalue weighted by molar-refractivity contribution is 6.31. The molecule has 0 aliphatic heterocycles. The summed E-state index contributed by atoms with van der Waals surface area (Å²) in [6.45, 7) is 3.61. The second kappa shape index (κ2) is 6.50. The van der Waals surface area contributed by atoms with E-state index in [2.05, 4.69) is 5.32 Å². The third-order valence-corrected chi connectivity index (χ3v) is 3.69. The number of hydrogen-bond acceptors (Lipinski definition) is 1. The van der Waals surface area contributed by atoms with Gasteiger partial charge in [0.1, 0.15) is 17.5 Å². The molecule has 0 bridgehead atoms. The number of halogens is 4. The second-order valence-corrected chi connectivity index (χ2v) is 5.35. The van der Waals surface area contributed by atoms with Crippen molar-refractivity contribution in [1.29, 1.82) is 0 Å². The van der Waals surface area contributed by atoms with Crippen LogP contribution in [0, 0.1) is 17.5 Å². The molecule has 2 atom stereocenters. The van der Waals surface area contributed by atoms with Crippen LogP contribution in [0.5, 0.6) is 0 Å². The van der Waals surface area contributed by atoms with Gasteiger partial charge in [0, 0.05) is 28.7 Å². The molecule has 112 valence electrons. The number of hydrogen-bond donors (Lipinski definition) is 1. The Morgan fingerprint density at radius 1 is 0.857 bits per heavy atom. The van der Waals surface area contributed by atoms with E-state index in [1.54, 1.807) is 13.0 Å². The molecule has 5 heteroatoms. The lowest BCUT2D eigenvalue weighted by Gasteiger charge is -2.22. The summed E-state index contributed by atoms with van der Waals surface area (Å²) < 4.78 is 39.7. The first kappa shape index (κ1) is 15.9. The Kier molecular flexibility index (Phi) is 4.91. The van der Waals surface area contributed by atoms with E-state index in [-0.39, 0.29) is 12.1 Å². The van der Waals surface area contributed by atoms with E-state index < -0.39 is 17.5 Å². The van der Waals surface area contributed by atoms with Gasteiger partial charge in [0.2, 0.25) is 0 Å². The molecule has 0 heterocycles. The maximum atomic E-state index is 13.7. The van der Waals surface area contributed by atoms with Crippen molar-refractivity contribution in [3.8, 4) is 0 Å². The van der Waals surface area contributed by atoms with Gasteiger partial charge in [-0.25, -0.2) is 13.2 Å². The topological polar surface area (TPSA) is 12.0 Å². The Morgan fingerprint density at radius 3 is 1.95 bits per heavy atom. The monoisotopic (exact) mass is 313 g/mol. The Labute approximate surface area is 126 Å². The SMILES string of the molecule is CC(NC(C)c1ccc(F)cc1Cl)c1ccc(F)cc1F. The molecule has 0 radical (unpaired) electrons. The zero-order chi connectivity index (χ0) is 15.6. The summed E-state index contributed by atoms with van der Waals surface area (Å²) in [4.78, 5) is 0. The van der Waals surface area contributed by atoms with Gasteiger partial charge in [0.05, 0.1) is 0 Å². The minimum absolute atomic E-state index is 0.211. The van der Waals surface area contributed by atoms with Crippen molar-refractivity contribution in [3.05, 3.63) is 70.0 Å². The number of rotatable bonds is 4. The molecular formula is C16H15ClF3N. The highest BCUT2D eigenvalue weighted by Gasteiger charge is 2.16. The number of nitrogens with one attached hydrogen (secondary N) is 1. The van der Waals surface area contributed by atoms with Crippen LogP contribution in [0.15, 0.2) is 36.4 Å². The summed E-state index contributed by atoms with van der Waals surface area (Å²) in [5, 5.41) is 3.47. The van der Waals surface area contributed by atoms with Crippen LogP contribution in [0.3, 0.4) is 0 Å². The average molecular weight is 314 g/mol. The lowest BCUT2D eigenvalue weighted by Crippen LogP contribution is -2.23. The quantitative estimate of drug-likeness (QED) is 0.821. The van der Waals surface area contributed by atoms with Crippen LogP contribution < -0.4 is 5.32 Å². The van der Waals surface area contributed by atoms with Gasteiger partial charge in [-0.15, -0.1) is 0 Å². The second-order valence-electron chi connectivity index (χ2n) is 4.94. The van der Waals surface area contributed by atoms with E-state index in [9.17, 15) is 13.2 Å². The van der Waals surface area contributed by atoms with Gasteiger partial charge in [-0.2, -0.15) is 0 Å². The van der Waals surface area contributed by atoms with Crippen LogP contribution in [0.25, 0.3) is 0 Å². The van der Waals surface area contributed by atoms with Gasteiger partial charge in [0.25, 0.3) is 0 Å². The summed E-state index contributed by atoms with van der Waals surface area (Å²) in [6.07, 6.45) is 0. The van der Waals surface area contributed by atoms with E-state index in [4.69, 9.17) is 11.6 Å². The zero-order valence-electron chi connectivity index (χ0n) is 11.6. The summed E-state index contributed by atoms with van der Waals surface area (Å²) in [5.41, 5.74) is 1.08. The van der Waals surface area contributed by atoms with Gasteiger partial charge in [-0.3, -0.25) is 0 Å². The standard InChI is InChI=1S/C16H15ClF3N/c1-9(13-5-3-11(18)7-15(13)17)21-10(2)14-6-4-12(19)8-16(14)20/h3-10,21H,1-2H3. The Balaban J connectivity index is 2.16. The van der Waals surface area contributed by atoms with E-state index in [1.165, 1.54) is 24.3 Å². The van der Waals surface area contributed by atoms with E-state index in [0.717, 1.165) is 6.07 Å². The first-order chi connectivity index (χ1) is 9.88. The van der Waals surface area contributed by atoms with Crippen molar-refractivity contribution < 1.29 is 13.2 Å². The molecule has 2 rings (SSSR count). The van der Waals surface area contributed by atoms with Crippen LogP contribution in [0.4, 0.5) is 13.2 Å². The van der Waals surface area contributed by atoms with Gasteiger partial charge >= 0.3 is 0 Å². The van der Waals surface area contributed by atoms with Crippen molar-refractivity contribution in [2.45, 2.75) is 25.9 Å². The fraction of sp³-hybridized carbons (Fsp3) is 0.250. The zero-order valence-corrected chi connectivity index (χ0v) is 12.4. The number of benzene rings is 2. The summed E-state index contributed by atoms with van der Waals surface area (Å²) in [6, 6.07) is 7.06. The maximum absolute atomic E-state index is 13.7. The van der Waals surface area contributed by atoms with Crippen LogP contribution in [0.2, 0.25) is 5.02 Å². The van der Waals surface area contributed by atoms with Gasteiger partial charge in [-0.1, -0.05) is 23.7 Å². The molecule has 0 saturated carbocycles. The summed E-state index contributed by atoms with van der Waals surface area (Å²) in [7, 11) is 0. The molecule has 0 spiro atoms. The summed E-state index contributed by atoms with van der Waals surface area (Å²) in [5.74, 6) is -1.63. The fourth-order valence-corrected chi connectivity index (χ4v) is 2.59. The minimum atomic E-state index is -0.613. The van der Waals surface area contributed by atoms with Crippen LogP contribution >= 0.6 is 11.6 Å². The molecule has 1 N–H and O–H groups in total. The van der Waals surface area contributed by atoms with Gasteiger partial charge in [-0.05, 0) is 37.6 Å². The van der Waals surface area contributed by atoms with Crippen LogP contribution in [-0.4, -0.2) is 0 Å². The van der Waals surface area contributed by atoms with Crippen molar-refractivity contribution in [1.82, 2.24) is 5.32 Å². The largest absolute Gasteiger partial charge is 0.303 e. The lowest BCUT2D eigenvalue weighted by molar-refractivity contribution is 0.470. The minimum Gasteiger partial charge on any atom is -0.303 e. The van der Waals surface area contributed by atoms with E-state index in [0.29, 0.717) is 16.1 Å². The first-order valence-corrected chi connectivity index (χ1v) is 6.92. The molecule has 21 heavy (non-hydrogen) atoms. The Morgan fingerprint density at radius 2 is 1.38 bits per heavy atom. The highest BCUT2D eigenvalue weighted by atomic mass is 35.5. The van der Waals surface area contributed by atoms with Crippen molar-refractivity contribution in [2.24, 2.45) is 0 Å². The molecule has 0 aromatic heterocycles. The lowest BCUT2D eigenvalue weighted by atomic mass is 10.0. The van der Waals surface area contributed by atoms with E-state index in [1.807, 2.05) is 6.92 Å². The molecule has 2 aromatic rings. The molecule has 0 aliphatic carbocycles. The van der Waals surface area contributed by atoms with Crippen molar-refractivity contribution >= 4 is 11.6 Å². The predicted molar refractivity (Wildman–Crippen MR) is 77.7 cm³/mol. The van der Waals surface area contributed by atoms with Crippen LogP contribution in [-0.2, 0) is 0 Å². The highest BCUT2D eigenvalue weighted by Crippen LogP contribution is 2.27. The first-order valence-electron chi connectivity index (χ1n) is 6.54. The third kappa shape index (κ3) is 3.77. The molecule has 0 fully saturated rings. The Bertz CT molecular complexity index is 590. The molecule has 2 aromatic carbocycles. The van der Waals surface area contributed by atoms with Gasteiger partial charge in [0.15, 0.2) is 0 Å². The molecule has 0 amide bonds. The smallest absolute Gasteiger partial charge is 0.130 e. The maximum Gasteiger partial charge on any atom is 0.130 e. The normalized spacial score (nSPS) is 14.0. The summed E-state index contributed by atoms with van der Waals surface area (Å²) >= 11 is 6.00. The average Bonchev–Trinajstić information content (AvgIpc) is 2.37. The molecule has 0 aliphatic rings. The molecule has 1 nitrogen and oxygen atoms in total. The van der Waals surface area contributed by atoms with Crippen LogP contribution in [0.1, 0.15) is 37.1 Å². The van der Waals surface area contributed by atoms with Gasteiger partial charge < -0.3 is 5.32 Å². The Hall–Kier alpha value is -1.52. The van der Waals surface area contributed by atoms with Crippen molar-refractivity contribution in [3.63, 3.8) is 0 Å². The third-order valence-electron chi connectivity index (χ3n) is 3.36. The molecule has 0 saturated heterocycles. The fourth-order valence-electron chi connectivity index (χ4n) is 2.26. The molecule has 2 unspecified atom stereocenters. The molecular weight excluding hydrogens is 299 g/mol. The van der Waals surface area contributed by atoms with Crippen molar-refractivity contribution in [2.75, 3.05) is 0 Å². The van der Waals surface area contributed by atoms with E-state index >= 15 is 0 Å².